The number of carbonyl (C=O) groups is 2. The second kappa shape index (κ2) is 11.5. The van der Waals surface area contributed by atoms with E-state index in [1.54, 1.807) is 6.92 Å². The number of pyridine rings is 2. The van der Waals surface area contributed by atoms with Crippen molar-refractivity contribution in [3.63, 3.8) is 0 Å². The van der Waals surface area contributed by atoms with Crippen molar-refractivity contribution in [3.8, 4) is 22.9 Å². The zero-order chi connectivity index (χ0) is 31.1. The van der Waals surface area contributed by atoms with Gasteiger partial charge in [0.25, 0.3) is 18.2 Å². The maximum Gasteiger partial charge on any atom is 0.433 e. The molecule has 0 unspecified atom stereocenters. The van der Waals surface area contributed by atoms with Crippen LogP contribution >= 0.6 is 11.3 Å². The Morgan fingerprint density at radius 3 is 2.44 bits per heavy atom. The van der Waals surface area contributed by atoms with Crippen LogP contribution in [-0.2, 0) is 19.3 Å². The largest absolute Gasteiger partial charge is 0.493 e. The van der Waals surface area contributed by atoms with Gasteiger partial charge in [-0.15, -0.1) is 0 Å². The zero-order valence-corrected chi connectivity index (χ0v) is 23.3. The van der Waals surface area contributed by atoms with Gasteiger partial charge in [0.1, 0.15) is 17.0 Å². The SMILES string of the molecule is COc1cnc(C(F)F)nc1-c1cc(C)ncc1C(=O)Nc1nc2c(s1)CN(C(=O)c1ccc(C(F)(F)F)nc1OC)C2. The normalized spacial score (nSPS) is 12.8. The van der Waals surface area contributed by atoms with E-state index in [1.165, 1.54) is 24.3 Å². The van der Waals surface area contributed by atoms with Crippen LogP contribution in [0.3, 0.4) is 0 Å². The number of hydrogen-bond acceptors (Lipinski definition) is 10. The van der Waals surface area contributed by atoms with Gasteiger partial charge in [-0.25, -0.2) is 28.7 Å². The number of hydrogen-bond donors (Lipinski definition) is 1. The number of alkyl halides is 5. The van der Waals surface area contributed by atoms with Gasteiger partial charge in [0.05, 0.1) is 49.6 Å². The van der Waals surface area contributed by atoms with Crippen molar-refractivity contribution in [2.45, 2.75) is 32.6 Å². The average molecular weight is 622 g/mol. The number of anilines is 1. The molecule has 0 fully saturated rings. The zero-order valence-electron chi connectivity index (χ0n) is 22.5. The van der Waals surface area contributed by atoms with E-state index in [4.69, 9.17) is 9.47 Å². The Bertz CT molecular complexity index is 1710. The van der Waals surface area contributed by atoms with Crippen LogP contribution < -0.4 is 14.8 Å². The molecular weight excluding hydrogens is 601 g/mol. The number of carbonyl (C=O) groups excluding carboxylic acids is 2. The third-order valence-corrected chi connectivity index (χ3v) is 7.26. The molecule has 5 heterocycles. The summed E-state index contributed by atoms with van der Waals surface area (Å²) in [6, 6.07) is 3.21. The highest BCUT2D eigenvalue weighted by Crippen LogP contribution is 2.36. The minimum Gasteiger partial charge on any atom is -0.493 e. The number of halogens is 5. The Labute approximate surface area is 243 Å². The summed E-state index contributed by atoms with van der Waals surface area (Å²) in [7, 11) is 2.43. The molecule has 11 nitrogen and oxygen atoms in total. The molecule has 0 saturated carbocycles. The summed E-state index contributed by atoms with van der Waals surface area (Å²) in [5.74, 6) is -2.38. The van der Waals surface area contributed by atoms with Gasteiger partial charge in [0, 0.05) is 17.5 Å². The first-order chi connectivity index (χ1) is 20.4. The van der Waals surface area contributed by atoms with Crippen molar-refractivity contribution < 1.29 is 41.0 Å². The fraction of sp³-hybridized carbons (Fsp3) is 0.269. The van der Waals surface area contributed by atoms with E-state index < -0.39 is 41.8 Å². The molecule has 1 aliphatic rings. The van der Waals surface area contributed by atoms with Gasteiger partial charge >= 0.3 is 6.18 Å². The van der Waals surface area contributed by atoms with Crippen molar-refractivity contribution in [3.05, 3.63) is 69.5 Å². The van der Waals surface area contributed by atoms with Crippen molar-refractivity contribution in [1.82, 2.24) is 29.8 Å². The summed E-state index contributed by atoms with van der Waals surface area (Å²) in [5.41, 5.74) is -0.190. The molecule has 5 rings (SSSR count). The molecule has 0 bridgehead atoms. The number of aryl methyl sites for hydroxylation is 1. The number of rotatable bonds is 7. The van der Waals surface area contributed by atoms with Crippen LogP contribution in [0.5, 0.6) is 11.6 Å². The molecule has 17 heteroatoms. The monoisotopic (exact) mass is 621 g/mol. The lowest BCUT2D eigenvalue weighted by molar-refractivity contribution is -0.141. The lowest BCUT2D eigenvalue weighted by Gasteiger charge is -2.17. The van der Waals surface area contributed by atoms with Crippen LogP contribution in [0, 0.1) is 6.92 Å². The third-order valence-electron chi connectivity index (χ3n) is 6.26. The van der Waals surface area contributed by atoms with Crippen LogP contribution in [0.2, 0.25) is 0 Å². The number of aromatic nitrogens is 5. The van der Waals surface area contributed by atoms with E-state index in [9.17, 15) is 31.5 Å². The number of amides is 2. The molecule has 0 atom stereocenters. The fourth-order valence-corrected chi connectivity index (χ4v) is 5.24. The number of nitrogens with zero attached hydrogens (tertiary/aromatic N) is 6. The molecule has 2 amide bonds. The van der Waals surface area contributed by atoms with Crippen LogP contribution in [0.1, 0.15) is 54.9 Å². The van der Waals surface area contributed by atoms with Crippen molar-refractivity contribution >= 4 is 28.3 Å². The number of thiazole rings is 1. The summed E-state index contributed by atoms with van der Waals surface area (Å²) >= 11 is 1.09. The molecule has 0 radical (unpaired) electrons. The molecule has 0 saturated heterocycles. The first-order valence-electron chi connectivity index (χ1n) is 12.3. The molecule has 43 heavy (non-hydrogen) atoms. The molecule has 1 N–H and O–H groups in total. The van der Waals surface area contributed by atoms with Crippen LogP contribution in [0.25, 0.3) is 11.3 Å². The van der Waals surface area contributed by atoms with E-state index in [2.05, 4.69) is 30.2 Å². The minimum atomic E-state index is -4.71. The molecule has 0 spiro atoms. The highest BCUT2D eigenvalue weighted by Gasteiger charge is 2.35. The van der Waals surface area contributed by atoms with E-state index in [-0.39, 0.29) is 46.4 Å². The highest BCUT2D eigenvalue weighted by molar-refractivity contribution is 7.16. The molecule has 4 aromatic heterocycles. The highest BCUT2D eigenvalue weighted by atomic mass is 32.1. The first kappa shape index (κ1) is 29.7. The first-order valence-corrected chi connectivity index (χ1v) is 13.1. The lowest BCUT2D eigenvalue weighted by Crippen LogP contribution is -2.26. The molecule has 0 aromatic carbocycles. The van der Waals surface area contributed by atoms with Crippen LogP contribution in [0.4, 0.5) is 27.1 Å². The fourth-order valence-electron chi connectivity index (χ4n) is 4.26. The Morgan fingerprint density at radius 1 is 1.02 bits per heavy atom. The van der Waals surface area contributed by atoms with Crippen LogP contribution in [-0.4, -0.2) is 55.9 Å². The molecule has 4 aromatic rings. The van der Waals surface area contributed by atoms with Crippen LogP contribution in [0.15, 0.2) is 30.6 Å². The molecule has 1 aliphatic heterocycles. The number of ether oxygens (including phenoxy) is 2. The second-order valence-corrected chi connectivity index (χ2v) is 10.2. The van der Waals surface area contributed by atoms with Gasteiger partial charge in [0.15, 0.2) is 16.7 Å². The quantitative estimate of drug-likeness (QED) is 0.281. The Balaban J connectivity index is 1.35. The summed E-state index contributed by atoms with van der Waals surface area (Å²) in [6.07, 6.45) is -5.29. The van der Waals surface area contributed by atoms with E-state index in [0.29, 0.717) is 22.3 Å². The van der Waals surface area contributed by atoms with Gasteiger partial charge in [-0.2, -0.15) is 13.2 Å². The number of methoxy groups -OCH3 is 2. The Morgan fingerprint density at radius 2 is 1.79 bits per heavy atom. The van der Waals surface area contributed by atoms with Gasteiger partial charge < -0.3 is 14.4 Å². The van der Waals surface area contributed by atoms with Crippen molar-refractivity contribution in [1.29, 1.82) is 0 Å². The van der Waals surface area contributed by atoms with Crippen molar-refractivity contribution in [2.24, 2.45) is 0 Å². The number of fused-ring (bicyclic) bond motifs is 1. The summed E-state index contributed by atoms with van der Waals surface area (Å²) in [5, 5.41) is 2.86. The second-order valence-electron chi connectivity index (χ2n) is 9.07. The topological polar surface area (TPSA) is 132 Å². The van der Waals surface area contributed by atoms with Crippen molar-refractivity contribution in [2.75, 3.05) is 19.5 Å². The third kappa shape index (κ3) is 5.93. The minimum absolute atomic E-state index is 0.0110. The maximum atomic E-state index is 13.3. The molecule has 0 aliphatic carbocycles. The summed E-state index contributed by atoms with van der Waals surface area (Å²) in [6.45, 7) is 1.76. The van der Waals surface area contributed by atoms with Gasteiger partial charge in [0.2, 0.25) is 5.88 Å². The standard InChI is InChI=1S/C26H20F5N7O4S/c1-11-6-13(19-16(41-2)8-33-21(36-19)20(27)28)14(7-32-11)22(39)37-25-34-15-9-38(10-17(15)43-25)24(40)12-4-5-18(26(29,30)31)35-23(12)42-3/h4-8,20H,9-10H2,1-3H3,(H,34,37,39). The smallest absolute Gasteiger partial charge is 0.433 e. The molecular formula is C26H20F5N7O4S. The lowest BCUT2D eigenvalue weighted by atomic mass is 10.0. The Hall–Kier alpha value is -4.80. The maximum absolute atomic E-state index is 13.3. The summed E-state index contributed by atoms with van der Waals surface area (Å²) < 4.78 is 75.9. The Kier molecular flexibility index (Phi) is 7.92. The average Bonchev–Trinajstić information content (AvgIpc) is 3.54. The van der Waals surface area contributed by atoms with Gasteiger partial charge in [-0.05, 0) is 25.1 Å². The van der Waals surface area contributed by atoms with Gasteiger partial charge in [-0.1, -0.05) is 11.3 Å². The number of nitrogens with one attached hydrogen (secondary N) is 1. The molecule has 224 valence electrons. The van der Waals surface area contributed by atoms with Gasteiger partial charge in [-0.3, -0.25) is 19.9 Å². The predicted octanol–water partition coefficient (Wildman–Crippen LogP) is 5.08. The summed E-state index contributed by atoms with van der Waals surface area (Å²) in [4.78, 5) is 47.8. The van der Waals surface area contributed by atoms with E-state index in [1.807, 2.05) is 0 Å². The van der Waals surface area contributed by atoms with E-state index in [0.717, 1.165) is 30.7 Å². The van der Waals surface area contributed by atoms with E-state index >= 15 is 0 Å². The predicted molar refractivity (Wildman–Crippen MR) is 141 cm³/mol.